The van der Waals surface area contributed by atoms with Crippen molar-refractivity contribution in [2.75, 3.05) is 26.2 Å². The lowest BCUT2D eigenvalue weighted by Crippen LogP contribution is -2.12. The van der Waals surface area contributed by atoms with E-state index in [1.165, 1.54) is 10.8 Å². The van der Waals surface area contributed by atoms with E-state index >= 15 is 0 Å². The predicted octanol–water partition coefficient (Wildman–Crippen LogP) is 5.31. The van der Waals surface area contributed by atoms with Crippen molar-refractivity contribution in [3.05, 3.63) is 72.4 Å². The van der Waals surface area contributed by atoms with Crippen molar-refractivity contribution in [3.8, 4) is 5.75 Å². The Labute approximate surface area is 159 Å². The first kappa shape index (κ1) is 17.3. The number of aromatic nitrogens is 1. The summed E-state index contributed by atoms with van der Waals surface area (Å²) in [5.41, 5.74) is 3.93. The zero-order valence-corrected chi connectivity index (χ0v) is 15.8. The standard InChI is InChI=1S/C23H22N2O2/c1-25(20-12-6-9-16-8-4-5-10-18(16)20)21-14-17(15-26-2)24-23-19(21)11-7-13-22(23)27-3/h4-14H,15H2,1-3H3. The van der Waals surface area contributed by atoms with Gasteiger partial charge in [-0.1, -0.05) is 48.5 Å². The minimum Gasteiger partial charge on any atom is -0.494 e. The summed E-state index contributed by atoms with van der Waals surface area (Å²) < 4.78 is 10.9. The lowest BCUT2D eigenvalue weighted by molar-refractivity contribution is 0.182. The van der Waals surface area contributed by atoms with Gasteiger partial charge in [0.25, 0.3) is 0 Å². The number of ether oxygens (including phenoxy) is 2. The highest BCUT2D eigenvalue weighted by Crippen LogP contribution is 2.37. The molecule has 4 heteroatoms. The second kappa shape index (κ2) is 7.25. The number of hydrogen-bond acceptors (Lipinski definition) is 4. The first-order valence-corrected chi connectivity index (χ1v) is 8.90. The minimum atomic E-state index is 0.449. The molecule has 0 saturated heterocycles. The van der Waals surface area contributed by atoms with Crippen LogP contribution in [-0.4, -0.2) is 26.3 Å². The van der Waals surface area contributed by atoms with E-state index in [4.69, 9.17) is 14.5 Å². The first-order valence-electron chi connectivity index (χ1n) is 8.90. The summed E-state index contributed by atoms with van der Waals surface area (Å²) in [4.78, 5) is 6.97. The fourth-order valence-corrected chi connectivity index (χ4v) is 3.55. The van der Waals surface area contributed by atoms with Gasteiger partial charge in [0.15, 0.2) is 0 Å². The van der Waals surface area contributed by atoms with Gasteiger partial charge in [0.1, 0.15) is 11.3 Å². The molecule has 3 aromatic carbocycles. The van der Waals surface area contributed by atoms with E-state index in [1.54, 1.807) is 14.2 Å². The van der Waals surface area contributed by atoms with Crippen LogP contribution >= 0.6 is 0 Å². The second-order valence-corrected chi connectivity index (χ2v) is 6.48. The number of benzene rings is 3. The van der Waals surface area contributed by atoms with Gasteiger partial charge in [-0.05, 0) is 23.6 Å². The van der Waals surface area contributed by atoms with Crippen LogP contribution in [0.15, 0.2) is 66.7 Å². The van der Waals surface area contributed by atoms with Crippen LogP contribution in [0, 0.1) is 0 Å². The fourth-order valence-electron chi connectivity index (χ4n) is 3.55. The number of pyridine rings is 1. The number of fused-ring (bicyclic) bond motifs is 2. The molecule has 0 aliphatic rings. The Morgan fingerprint density at radius 2 is 1.59 bits per heavy atom. The quantitative estimate of drug-likeness (QED) is 0.484. The second-order valence-electron chi connectivity index (χ2n) is 6.48. The molecular weight excluding hydrogens is 336 g/mol. The van der Waals surface area contributed by atoms with Gasteiger partial charge in [0.05, 0.1) is 25.1 Å². The fraction of sp³-hybridized carbons (Fsp3) is 0.174. The van der Waals surface area contributed by atoms with Gasteiger partial charge in [-0.15, -0.1) is 0 Å². The molecule has 0 aliphatic carbocycles. The monoisotopic (exact) mass is 358 g/mol. The normalized spacial score (nSPS) is 11.1. The molecule has 0 bridgehead atoms. The van der Waals surface area contributed by atoms with Crippen LogP contribution in [0.25, 0.3) is 21.7 Å². The summed E-state index contributed by atoms with van der Waals surface area (Å²) >= 11 is 0. The van der Waals surface area contributed by atoms with Gasteiger partial charge in [-0.2, -0.15) is 0 Å². The van der Waals surface area contributed by atoms with Crippen LogP contribution in [-0.2, 0) is 11.3 Å². The van der Waals surface area contributed by atoms with Gasteiger partial charge in [0.2, 0.25) is 0 Å². The van der Waals surface area contributed by atoms with Gasteiger partial charge < -0.3 is 14.4 Å². The van der Waals surface area contributed by atoms with Crippen molar-refractivity contribution in [3.63, 3.8) is 0 Å². The summed E-state index contributed by atoms with van der Waals surface area (Å²) in [6.45, 7) is 0.449. The van der Waals surface area contributed by atoms with Crippen molar-refractivity contribution < 1.29 is 9.47 Å². The van der Waals surface area contributed by atoms with Gasteiger partial charge in [-0.3, -0.25) is 0 Å². The van der Waals surface area contributed by atoms with Crippen LogP contribution < -0.4 is 9.64 Å². The third-order valence-corrected chi connectivity index (χ3v) is 4.84. The summed E-state index contributed by atoms with van der Waals surface area (Å²) in [7, 11) is 5.45. The topological polar surface area (TPSA) is 34.6 Å². The van der Waals surface area contributed by atoms with E-state index in [0.29, 0.717) is 6.61 Å². The van der Waals surface area contributed by atoms with E-state index in [-0.39, 0.29) is 0 Å². The number of para-hydroxylation sites is 1. The molecule has 0 amide bonds. The highest BCUT2D eigenvalue weighted by Gasteiger charge is 2.15. The van der Waals surface area contributed by atoms with Crippen molar-refractivity contribution in [1.82, 2.24) is 4.98 Å². The molecule has 0 unspecified atom stereocenters. The molecule has 0 saturated carbocycles. The average molecular weight is 358 g/mol. The maximum atomic E-state index is 5.55. The largest absolute Gasteiger partial charge is 0.494 e. The molecular formula is C23H22N2O2. The minimum absolute atomic E-state index is 0.449. The van der Waals surface area contributed by atoms with Gasteiger partial charge in [-0.25, -0.2) is 4.98 Å². The van der Waals surface area contributed by atoms with Gasteiger partial charge in [0, 0.05) is 30.6 Å². The van der Waals surface area contributed by atoms with Crippen molar-refractivity contribution >= 4 is 33.1 Å². The SMILES string of the molecule is COCc1cc(N(C)c2cccc3ccccc23)c2cccc(OC)c2n1. The number of rotatable bonds is 5. The van der Waals surface area contributed by atoms with E-state index in [9.17, 15) is 0 Å². The molecule has 1 aromatic heterocycles. The molecule has 136 valence electrons. The molecule has 27 heavy (non-hydrogen) atoms. The number of anilines is 2. The van der Waals surface area contributed by atoms with Crippen LogP contribution in [0.4, 0.5) is 11.4 Å². The Hall–Kier alpha value is -3.11. The first-order chi connectivity index (χ1) is 13.2. The Morgan fingerprint density at radius 1 is 0.852 bits per heavy atom. The van der Waals surface area contributed by atoms with E-state index < -0.39 is 0 Å². The molecule has 0 atom stereocenters. The summed E-state index contributed by atoms with van der Waals surface area (Å²) in [5, 5.41) is 3.48. The highest BCUT2D eigenvalue weighted by molar-refractivity contribution is 6.01. The molecule has 0 spiro atoms. The molecule has 4 nitrogen and oxygen atoms in total. The number of methoxy groups -OCH3 is 2. The number of nitrogens with zero attached hydrogens (tertiary/aromatic N) is 2. The predicted molar refractivity (Wildman–Crippen MR) is 111 cm³/mol. The molecule has 4 aromatic rings. The smallest absolute Gasteiger partial charge is 0.145 e. The Kier molecular flexibility index (Phi) is 4.65. The lowest BCUT2D eigenvalue weighted by atomic mass is 10.1. The average Bonchev–Trinajstić information content (AvgIpc) is 2.72. The zero-order chi connectivity index (χ0) is 18.8. The molecule has 1 heterocycles. The third-order valence-electron chi connectivity index (χ3n) is 4.84. The Bertz CT molecular complexity index is 1100. The Morgan fingerprint density at radius 3 is 2.41 bits per heavy atom. The Balaban J connectivity index is 1.96. The van der Waals surface area contributed by atoms with E-state index in [2.05, 4.69) is 66.5 Å². The van der Waals surface area contributed by atoms with Crippen molar-refractivity contribution in [1.29, 1.82) is 0 Å². The van der Waals surface area contributed by atoms with Crippen LogP contribution in [0.5, 0.6) is 5.75 Å². The van der Waals surface area contributed by atoms with Gasteiger partial charge >= 0.3 is 0 Å². The molecule has 0 radical (unpaired) electrons. The maximum absolute atomic E-state index is 5.55. The maximum Gasteiger partial charge on any atom is 0.145 e. The highest BCUT2D eigenvalue weighted by atomic mass is 16.5. The van der Waals surface area contributed by atoms with Crippen LogP contribution in [0.3, 0.4) is 0 Å². The molecule has 4 rings (SSSR count). The summed E-state index contributed by atoms with van der Waals surface area (Å²) in [6, 6.07) is 22.9. The zero-order valence-electron chi connectivity index (χ0n) is 15.8. The van der Waals surface area contributed by atoms with Crippen LogP contribution in [0.1, 0.15) is 5.69 Å². The lowest BCUT2D eigenvalue weighted by Gasteiger charge is -2.24. The van der Waals surface area contributed by atoms with Crippen molar-refractivity contribution in [2.24, 2.45) is 0 Å². The van der Waals surface area contributed by atoms with Crippen LogP contribution in [0.2, 0.25) is 0 Å². The molecule has 0 fully saturated rings. The summed E-state index contributed by atoms with van der Waals surface area (Å²) in [6.07, 6.45) is 0. The number of hydrogen-bond donors (Lipinski definition) is 0. The van der Waals surface area contributed by atoms with E-state index in [0.717, 1.165) is 33.7 Å². The molecule has 0 N–H and O–H groups in total. The van der Waals surface area contributed by atoms with E-state index in [1.807, 2.05) is 12.1 Å². The third kappa shape index (κ3) is 3.09. The summed E-state index contributed by atoms with van der Waals surface area (Å²) in [5.74, 6) is 0.762. The van der Waals surface area contributed by atoms with Crippen molar-refractivity contribution in [2.45, 2.75) is 6.61 Å². The molecule has 0 aliphatic heterocycles.